The summed E-state index contributed by atoms with van der Waals surface area (Å²) in [5, 5.41) is 0.960. The number of aromatic nitrogens is 1. The van der Waals surface area contributed by atoms with Crippen molar-refractivity contribution in [2.24, 2.45) is 0 Å². The fourth-order valence-corrected chi connectivity index (χ4v) is 5.68. The Morgan fingerprint density at radius 2 is 1.96 bits per heavy atom. The molecule has 0 radical (unpaired) electrons. The maximum Gasteiger partial charge on any atom is 0.342 e. The molecule has 1 aliphatic rings. The van der Waals surface area contributed by atoms with Crippen molar-refractivity contribution in [3.05, 3.63) is 35.4 Å². The van der Waals surface area contributed by atoms with Crippen LogP contribution in [0.5, 0.6) is 0 Å². The zero-order valence-corrected chi connectivity index (χ0v) is 17.4. The van der Waals surface area contributed by atoms with Crippen LogP contribution in [-0.2, 0) is 15.5 Å². The molecule has 6 heteroatoms. The van der Waals surface area contributed by atoms with Crippen molar-refractivity contribution in [2.75, 3.05) is 30.3 Å². The van der Waals surface area contributed by atoms with Crippen molar-refractivity contribution in [1.82, 2.24) is 4.98 Å². The van der Waals surface area contributed by atoms with E-state index < -0.39 is 10.8 Å². The predicted molar refractivity (Wildman–Crippen MR) is 111 cm³/mol. The average molecular weight is 389 g/mol. The lowest BCUT2D eigenvalue weighted by molar-refractivity contribution is 0.0526. The molecule has 27 heavy (non-hydrogen) atoms. The molecule has 0 saturated carbocycles. The van der Waals surface area contributed by atoms with E-state index >= 15 is 0 Å². The van der Waals surface area contributed by atoms with Gasteiger partial charge in [0, 0.05) is 35.0 Å². The first kappa shape index (κ1) is 19.8. The van der Waals surface area contributed by atoms with Gasteiger partial charge in [0.2, 0.25) is 0 Å². The Bertz CT molecular complexity index is 877. The number of hydrogen-bond acceptors (Lipinski definition) is 5. The fourth-order valence-electron chi connectivity index (χ4n) is 3.92. The maximum atomic E-state index is 12.8. The summed E-state index contributed by atoms with van der Waals surface area (Å²) in [7, 11) is -0.870. The first-order valence-electron chi connectivity index (χ1n) is 9.67. The molecule has 146 valence electrons. The Hall–Kier alpha value is -1.95. The smallest absolute Gasteiger partial charge is 0.342 e. The van der Waals surface area contributed by atoms with Gasteiger partial charge >= 0.3 is 5.97 Å². The number of anilines is 1. The molecule has 1 aromatic heterocycles. The number of para-hydroxylation sites is 1. The molecule has 1 atom stereocenters. The molecule has 0 N–H and O–H groups in total. The number of rotatable bonds is 5. The Labute approximate surface area is 163 Å². The van der Waals surface area contributed by atoms with Gasteiger partial charge in [-0.1, -0.05) is 32.0 Å². The minimum atomic E-state index is -0.870. The second-order valence-electron chi connectivity index (χ2n) is 7.03. The number of carbonyl (C=O) groups excluding carboxylic acids is 1. The molecule has 0 bridgehead atoms. The summed E-state index contributed by atoms with van der Waals surface area (Å²) < 4.78 is 17.8. The van der Waals surface area contributed by atoms with Crippen molar-refractivity contribution in [3.63, 3.8) is 0 Å². The van der Waals surface area contributed by atoms with Crippen molar-refractivity contribution in [1.29, 1.82) is 0 Å². The lowest BCUT2D eigenvalue weighted by atomic mass is 9.99. The third-order valence-corrected chi connectivity index (χ3v) is 7.94. The molecular formula is C21H28N2O3S. The van der Waals surface area contributed by atoms with E-state index in [1.807, 2.05) is 38.1 Å². The Kier molecular flexibility index (Phi) is 5.84. The van der Waals surface area contributed by atoms with Crippen molar-refractivity contribution >= 4 is 33.5 Å². The van der Waals surface area contributed by atoms with Gasteiger partial charge in [-0.05, 0) is 38.3 Å². The van der Waals surface area contributed by atoms with Gasteiger partial charge in [0.05, 0.1) is 16.9 Å². The topological polar surface area (TPSA) is 59.5 Å². The summed E-state index contributed by atoms with van der Waals surface area (Å²) in [5.74, 6) is 0.915. The number of benzene rings is 1. The second kappa shape index (κ2) is 7.97. The molecule has 5 nitrogen and oxygen atoms in total. The third kappa shape index (κ3) is 3.47. The molecule has 1 fully saturated rings. The van der Waals surface area contributed by atoms with Gasteiger partial charge < -0.3 is 9.64 Å². The first-order valence-corrected chi connectivity index (χ1v) is 11.0. The van der Waals surface area contributed by atoms with Gasteiger partial charge in [-0.25, -0.2) is 9.78 Å². The van der Waals surface area contributed by atoms with Crippen LogP contribution in [0.25, 0.3) is 10.9 Å². The number of hydrogen-bond donors (Lipinski definition) is 0. The summed E-state index contributed by atoms with van der Waals surface area (Å²) in [5.41, 5.74) is 2.28. The Morgan fingerprint density at radius 3 is 2.63 bits per heavy atom. The van der Waals surface area contributed by atoms with Crippen LogP contribution in [0.1, 0.15) is 49.5 Å². The molecule has 2 heterocycles. The largest absolute Gasteiger partial charge is 0.462 e. The van der Waals surface area contributed by atoms with E-state index in [1.165, 1.54) is 0 Å². The van der Waals surface area contributed by atoms with Crippen LogP contribution in [0, 0.1) is 6.92 Å². The van der Waals surface area contributed by atoms with Crippen LogP contribution < -0.4 is 4.90 Å². The zero-order chi connectivity index (χ0) is 19.6. The van der Waals surface area contributed by atoms with Gasteiger partial charge in [0.15, 0.2) is 0 Å². The number of carbonyl (C=O) groups is 1. The molecule has 0 aliphatic carbocycles. The van der Waals surface area contributed by atoms with Gasteiger partial charge in [0.25, 0.3) is 0 Å². The summed E-state index contributed by atoms with van der Waals surface area (Å²) in [6.07, 6.45) is 1.68. The molecule has 1 aliphatic heterocycles. The van der Waals surface area contributed by atoms with Crippen molar-refractivity contribution in [2.45, 2.75) is 45.3 Å². The van der Waals surface area contributed by atoms with Gasteiger partial charge in [-0.15, -0.1) is 0 Å². The summed E-state index contributed by atoms with van der Waals surface area (Å²) >= 11 is 0. The van der Waals surface area contributed by atoms with E-state index in [0.29, 0.717) is 36.8 Å². The van der Waals surface area contributed by atoms with E-state index in [1.54, 1.807) is 0 Å². The lowest BCUT2D eigenvalue weighted by Gasteiger charge is -2.42. The monoisotopic (exact) mass is 388 g/mol. The Morgan fingerprint density at radius 1 is 1.26 bits per heavy atom. The van der Waals surface area contributed by atoms with Crippen molar-refractivity contribution < 1.29 is 13.7 Å². The predicted octanol–water partition coefficient (Wildman–Crippen LogP) is 3.85. The van der Waals surface area contributed by atoms with Crippen LogP contribution in [0.2, 0.25) is 0 Å². The van der Waals surface area contributed by atoms with E-state index in [9.17, 15) is 9.00 Å². The van der Waals surface area contributed by atoms with Crippen LogP contribution in [0.4, 0.5) is 5.82 Å². The molecule has 3 rings (SSSR count). The fraction of sp³-hybridized carbons (Fsp3) is 0.524. The number of ether oxygens (including phenoxy) is 1. The molecule has 0 spiro atoms. The first-order chi connectivity index (χ1) is 13.0. The molecule has 2 aromatic rings. The molecule has 1 aromatic carbocycles. The van der Waals surface area contributed by atoms with E-state index in [2.05, 4.69) is 18.7 Å². The molecule has 0 amide bonds. The normalized spacial score (nSPS) is 19.3. The lowest BCUT2D eigenvalue weighted by Crippen LogP contribution is -2.53. The second-order valence-corrected chi connectivity index (χ2v) is 9.00. The van der Waals surface area contributed by atoms with Crippen LogP contribution in [0.15, 0.2) is 24.3 Å². The zero-order valence-electron chi connectivity index (χ0n) is 16.6. The summed E-state index contributed by atoms with van der Waals surface area (Å²) in [6.45, 7) is 9.55. The number of pyridine rings is 1. The van der Waals surface area contributed by atoms with E-state index in [0.717, 1.165) is 29.3 Å². The summed E-state index contributed by atoms with van der Waals surface area (Å²) in [6, 6.07) is 7.86. The molecule has 1 unspecified atom stereocenters. The highest BCUT2D eigenvalue weighted by atomic mass is 32.2. The maximum absolute atomic E-state index is 12.8. The Balaban J connectivity index is 2.16. The van der Waals surface area contributed by atoms with Gasteiger partial charge in [-0.2, -0.15) is 0 Å². The molecule has 1 saturated heterocycles. The number of esters is 1. The third-order valence-electron chi connectivity index (χ3n) is 5.71. The highest BCUT2D eigenvalue weighted by Gasteiger charge is 2.40. The number of aryl methyl sites for hydroxylation is 1. The minimum absolute atomic E-state index is 0.259. The highest BCUT2D eigenvalue weighted by molar-refractivity contribution is 7.86. The van der Waals surface area contributed by atoms with Gasteiger partial charge in [0.1, 0.15) is 11.4 Å². The standard InChI is InChI=1S/C21H28N2O3S/c1-5-21(6-2)14-23(12-13-27(21)25)19-18(20(24)26-7-3)15(4)16-10-8-9-11-17(16)22-19/h8-11H,5-7,12-14H2,1-4H3. The van der Waals surface area contributed by atoms with E-state index in [4.69, 9.17) is 9.72 Å². The van der Waals surface area contributed by atoms with Gasteiger partial charge in [-0.3, -0.25) is 4.21 Å². The average Bonchev–Trinajstić information content (AvgIpc) is 2.68. The number of fused-ring (bicyclic) bond motifs is 1. The summed E-state index contributed by atoms with van der Waals surface area (Å²) in [4.78, 5) is 19.8. The van der Waals surface area contributed by atoms with E-state index in [-0.39, 0.29) is 10.7 Å². The highest BCUT2D eigenvalue weighted by Crippen LogP contribution is 2.35. The van der Waals surface area contributed by atoms with Crippen LogP contribution >= 0.6 is 0 Å². The van der Waals surface area contributed by atoms with Crippen molar-refractivity contribution in [3.8, 4) is 0 Å². The van der Waals surface area contributed by atoms with Crippen LogP contribution in [-0.4, -0.2) is 45.4 Å². The minimum Gasteiger partial charge on any atom is -0.462 e. The quantitative estimate of drug-likeness (QED) is 0.728. The van der Waals surface area contributed by atoms with Crippen LogP contribution in [0.3, 0.4) is 0 Å². The molecular weight excluding hydrogens is 360 g/mol. The number of nitrogens with zero attached hydrogens (tertiary/aromatic N) is 2. The SMILES string of the molecule is CCOC(=O)c1c(N2CCS(=O)C(CC)(CC)C2)nc2ccccc2c1C.